The van der Waals surface area contributed by atoms with Gasteiger partial charge in [-0.05, 0) is 61.9 Å². The van der Waals surface area contributed by atoms with E-state index in [1.165, 1.54) is 17.0 Å². The Balaban J connectivity index is 1.49. The number of Topliss-reactive ketones (excluding diaryl/α,β-unsaturated/α-hetero) is 1. The normalized spacial score (nSPS) is 15.2. The number of thiophene rings is 1. The van der Waals surface area contributed by atoms with Crippen molar-refractivity contribution < 1.29 is 18.7 Å². The summed E-state index contributed by atoms with van der Waals surface area (Å²) in [6, 6.07) is 12.1. The largest absolute Gasteiger partial charge is 0.457 e. The number of aryl methyl sites for hydroxylation is 1. The molecule has 0 aliphatic heterocycles. The number of ether oxygens (including phenoxy) is 1. The molecule has 0 amide bonds. The van der Waals surface area contributed by atoms with Gasteiger partial charge in [-0.15, -0.1) is 11.3 Å². The van der Waals surface area contributed by atoms with Crippen LogP contribution in [-0.4, -0.2) is 22.9 Å². The third-order valence-electron chi connectivity index (χ3n) is 6.33. The molecule has 0 atom stereocenters. The number of rotatable bonds is 7. The molecule has 0 N–H and O–H groups in total. The van der Waals surface area contributed by atoms with E-state index in [1.54, 1.807) is 23.5 Å². The molecule has 1 fully saturated rings. The van der Waals surface area contributed by atoms with Gasteiger partial charge in [0.2, 0.25) is 5.78 Å². The van der Waals surface area contributed by atoms with Crippen molar-refractivity contribution in [3.63, 3.8) is 0 Å². The summed E-state index contributed by atoms with van der Waals surface area (Å²) in [5.41, 5.74) is 2.21. The maximum absolute atomic E-state index is 13.8. The van der Waals surface area contributed by atoms with E-state index in [1.807, 2.05) is 31.4 Å². The summed E-state index contributed by atoms with van der Waals surface area (Å²) in [5, 5.41) is 2.03. The molecule has 4 nitrogen and oxygen atoms in total. The summed E-state index contributed by atoms with van der Waals surface area (Å²) < 4.78 is 21.4. The Labute approximate surface area is 185 Å². The van der Waals surface area contributed by atoms with Crippen LogP contribution in [0.4, 0.5) is 4.39 Å². The smallest absolute Gasteiger partial charge is 0.317 e. The van der Waals surface area contributed by atoms with E-state index < -0.39 is 11.4 Å². The van der Waals surface area contributed by atoms with Gasteiger partial charge in [0.1, 0.15) is 5.82 Å². The van der Waals surface area contributed by atoms with E-state index in [-0.39, 0.29) is 18.2 Å². The molecule has 2 aromatic heterocycles. The first-order chi connectivity index (χ1) is 14.9. The Morgan fingerprint density at radius 2 is 1.90 bits per heavy atom. The van der Waals surface area contributed by atoms with Gasteiger partial charge in [-0.1, -0.05) is 31.0 Å². The minimum absolute atomic E-state index is 0.216. The van der Waals surface area contributed by atoms with Crippen molar-refractivity contribution in [3.8, 4) is 0 Å². The lowest BCUT2D eigenvalue weighted by atomic mass is 9.79. The first-order valence-electron chi connectivity index (χ1n) is 10.6. The second-order valence-corrected chi connectivity index (χ2v) is 9.28. The third kappa shape index (κ3) is 4.22. The van der Waals surface area contributed by atoms with Gasteiger partial charge in [0, 0.05) is 21.8 Å². The van der Waals surface area contributed by atoms with Gasteiger partial charge >= 0.3 is 5.97 Å². The van der Waals surface area contributed by atoms with Crippen LogP contribution in [0.1, 0.15) is 57.9 Å². The van der Waals surface area contributed by atoms with E-state index in [9.17, 15) is 14.0 Å². The van der Waals surface area contributed by atoms with Crippen LogP contribution >= 0.6 is 11.3 Å². The highest BCUT2D eigenvalue weighted by Crippen LogP contribution is 2.42. The summed E-state index contributed by atoms with van der Waals surface area (Å²) in [4.78, 5) is 27.2. The number of benzene rings is 1. The predicted molar refractivity (Wildman–Crippen MR) is 119 cm³/mol. The molecule has 0 unspecified atom stereocenters. The number of hydrogen-bond acceptors (Lipinski definition) is 4. The van der Waals surface area contributed by atoms with Crippen LogP contribution in [0.5, 0.6) is 0 Å². The fraction of sp³-hybridized carbons (Fsp3) is 0.360. The highest BCUT2D eigenvalue weighted by atomic mass is 32.1. The second kappa shape index (κ2) is 8.79. The Bertz CT molecular complexity index is 1090. The summed E-state index contributed by atoms with van der Waals surface area (Å²) in [6.07, 6.45) is 2.98. The van der Waals surface area contributed by atoms with Gasteiger partial charge in [-0.25, -0.2) is 4.39 Å². The first-order valence-corrected chi connectivity index (χ1v) is 11.4. The van der Waals surface area contributed by atoms with Gasteiger partial charge in [0.05, 0.1) is 12.0 Å². The zero-order valence-corrected chi connectivity index (χ0v) is 18.6. The molecule has 3 aromatic rings. The van der Waals surface area contributed by atoms with Gasteiger partial charge < -0.3 is 9.30 Å². The molecule has 1 saturated carbocycles. The third-order valence-corrected chi connectivity index (χ3v) is 7.19. The van der Waals surface area contributed by atoms with Crippen LogP contribution in [0, 0.1) is 19.7 Å². The van der Waals surface area contributed by atoms with Gasteiger partial charge in [0.25, 0.3) is 0 Å². The van der Waals surface area contributed by atoms with Crippen LogP contribution in [0.15, 0.2) is 47.8 Å². The van der Waals surface area contributed by atoms with Crippen molar-refractivity contribution in [2.45, 2.75) is 51.5 Å². The van der Waals surface area contributed by atoms with Crippen molar-refractivity contribution in [1.82, 2.24) is 4.57 Å². The molecule has 31 heavy (non-hydrogen) atoms. The first kappa shape index (κ1) is 21.5. The molecule has 0 saturated heterocycles. The summed E-state index contributed by atoms with van der Waals surface area (Å²) >= 11 is 1.68. The Hall–Kier alpha value is -2.73. The lowest BCUT2D eigenvalue weighted by Gasteiger charge is -2.27. The van der Waals surface area contributed by atoms with Gasteiger partial charge in [0.15, 0.2) is 6.61 Å². The SMILES string of the molecule is Cc1cc(C(=O)COC(=O)C2(c3cccc(F)c3)CCCC2)c(C)n1Cc1cccs1. The molecular formula is C25H26FNO3S. The number of halogens is 1. The highest BCUT2D eigenvalue weighted by molar-refractivity contribution is 7.09. The van der Waals surface area contributed by atoms with Crippen molar-refractivity contribution >= 4 is 23.1 Å². The minimum Gasteiger partial charge on any atom is -0.457 e. The second-order valence-electron chi connectivity index (χ2n) is 8.25. The Morgan fingerprint density at radius 3 is 2.58 bits per heavy atom. The van der Waals surface area contributed by atoms with Crippen LogP contribution in [0.25, 0.3) is 0 Å². The van der Waals surface area contributed by atoms with Crippen LogP contribution in [-0.2, 0) is 21.5 Å². The van der Waals surface area contributed by atoms with Crippen LogP contribution < -0.4 is 0 Å². The average Bonchev–Trinajstić information content (AvgIpc) is 3.50. The standard InChI is InChI=1S/C25H26FNO3S/c1-17-13-22(18(2)27(17)15-21-9-6-12-31-21)23(28)16-30-24(29)25(10-3-4-11-25)19-7-5-8-20(26)14-19/h5-9,12-14H,3-4,10-11,15-16H2,1-2H3. The van der Waals surface area contributed by atoms with E-state index in [0.29, 0.717) is 30.5 Å². The molecule has 6 heteroatoms. The van der Waals surface area contributed by atoms with Crippen LogP contribution in [0.3, 0.4) is 0 Å². The number of esters is 1. The number of ketones is 1. The molecule has 1 aromatic carbocycles. The molecule has 0 bridgehead atoms. The van der Waals surface area contributed by atoms with Crippen molar-refractivity contribution in [1.29, 1.82) is 0 Å². The number of nitrogens with zero attached hydrogens (tertiary/aromatic N) is 1. The molecular weight excluding hydrogens is 413 g/mol. The Morgan fingerprint density at radius 1 is 1.13 bits per heavy atom. The minimum atomic E-state index is -0.863. The summed E-state index contributed by atoms with van der Waals surface area (Å²) in [6.45, 7) is 4.30. The van der Waals surface area contributed by atoms with Gasteiger partial charge in [-0.3, -0.25) is 9.59 Å². The zero-order valence-electron chi connectivity index (χ0n) is 17.8. The maximum Gasteiger partial charge on any atom is 0.317 e. The maximum atomic E-state index is 13.8. The zero-order chi connectivity index (χ0) is 22.0. The monoisotopic (exact) mass is 439 g/mol. The molecule has 0 spiro atoms. The van der Waals surface area contributed by atoms with Crippen molar-refractivity contribution in [3.05, 3.63) is 81.1 Å². The Kier molecular flexibility index (Phi) is 6.10. The molecule has 1 aliphatic carbocycles. The summed E-state index contributed by atoms with van der Waals surface area (Å²) in [5.74, 6) is -1.02. The molecule has 4 rings (SSSR count). The van der Waals surface area contributed by atoms with Crippen molar-refractivity contribution in [2.75, 3.05) is 6.61 Å². The van der Waals surface area contributed by atoms with E-state index >= 15 is 0 Å². The van der Waals surface area contributed by atoms with Crippen LogP contribution in [0.2, 0.25) is 0 Å². The quantitative estimate of drug-likeness (QED) is 0.356. The van der Waals surface area contributed by atoms with Gasteiger partial charge in [-0.2, -0.15) is 0 Å². The number of carbonyl (C=O) groups excluding carboxylic acids is 2. The van der Waals surface area contributed by atoms with Crippen molar-refractivity contribution in [2.24, 2.45) is 0 Å². The molecule has 1 aliphatic rings. The lowest BCUT2D eigenvalue weighted by molar-refractivity contribution is -0.149. The fourth-order valence-electron chi connectivity index (χ4n) is 4.61. The number of carbonyl (C=O) groups is 2. The van der Waals surface area contributed by atoms with E-state index in [4.69, 9.17) is 4.74 Å². The summed E-state index contributed by atoms with van der Waals surface area (Å²) in [7, 11) is 0. The number of aromatic nitrogens is 1. The topological polar surface area (TPSA) is 48.3 Å². The number of hydrogen-bond donors (Lipinski definition) is 0. The van der Waals surface area contributed by atoms with E-state index in [2.05, 4.69) is 10.6 Å². The molecule has 2 heterocycles. The predicted octanol–water partition coefficient (Wildman–Crippen LogP) is 5.59. The lowest BCUT2D eigenvalue weighted by Crippen LogP contribution is -2.36. The fourth-order valence-corrected chi connectivity index (χ4v) is 5.30. The molecule has 162 valence electrons. The molecule has 0 radical (unpaired) electrons. The average molecular weight is 440 g/mol. The highest BCUT2D eigenvalue weighted by Gasteiger charge is 2.44. The van der Waals surface area contributed by atoms with E-state index in [0.717, 1.165) is 24.2 Å².